The van der Waals surface area contributed by atoms with Crippen molar-refractivity contribution < 1.29 is 19.6 Å². The molecule has 2 N–H and O–H groups in total. The number of rotatable bonds is 2. The average Bonchev–Trinajstić information content (AvgIpc) is 2.62. The van der Waals surface area contributed by atoms with Crippen LogP contribution in [0, 0.1) is 10.1 Å². The van der Waals surface area contributed by atoms with E-state index in [2.05, 4.69) is 5.32 Å². The quantitative estimate of drug-likeness (QED) is 0.595. The summed E-state index contributed by atoms with van der Waals surface area (Å²) < 4.78 is 0. The van der Waals surface area contributed by atoms with E-state index in [1.807, 2.05) is 0 Å². The molecule has 8 nitrogen and oxygen atoms in total. The Balaban J connectivity index is 2.31. The first-order chi connectivity index (χ1) is 9.50. The van der Waals surface area contributed by atoms with Crippen molar-refractivity contribution in [2.24, 2.45) is 0 Å². The van der Waals surface area contributed by atoms with Crippen LogP contribution in [-0.2, 0) is 4.79 Å². The van der Waals surface area contributed by atoms with E-state index < -0.39 is 22.3 Å². The van der Waals surface area contributed by atoms with Crippen LogP contribution < -0.4 is 5.32 Å². The molecule has 0 bridgehead atoms. The van der Waals surface area contributed by atoms with Gasteiger partial charge in [0.2, 0.25) is 11.7 Å². The van der Waals surface area contributed by atoms with Crippen molar-refractivity contribution in [3.05, 3.63) is 33.9 Å². The molecule has 1 aliphatic rings. The fourth-order valence-corrected chi connectivity index (χ4v) is 2.00. The van der Waals surface area contributed by atoms with E-state index in [0.717, 1.165) is 6.07 Å². The summed E-state index contributed by atoms with van der Waals surface area (Å²) in [6, 6.07) is 3.73. The Morgan fingerprint density at radius 2 is 2.20 bits per heavy atom. The lowest BCUT2D eigenvalue weighted by molar-refractivity contribution is -0.385. The average molecular weight is 279 g/mol. The van der Waals surface area contributed by atoms with Crippen LogP contribution in [0.25, 0.3) is 0 Å². The van der Waals surface area contributed by atoms with Gasteiger partial charge in [0.05, 0.1) is 17.0 Å². The molecule has 106 valence electrons. The molecule has 1 aromatic rings. The first kappa shape index (κ1) is 13.8. The number of nitrogens with zero attached hydrogens (tertiary/aromatic N) is 2. The van der Waals surface area contributed by atoms with Gasteiger partial charge in [-0.05, 0) is 12.5 Å². The molecule has 2 amide bonds. The summed E-state index contributed by atoms with van der Waals surface area (Å²) in [4.78, 5) is 34.9. The zero-order valence-electron chi connectivity index (χ0n) is 10.5. The van der Waals surface area contributed by atoms with Crippen molar-refractivity contribution in [3.8, 4) is 5.75 Å². The lowest BCUT2D eigenvalue weighted by Gasteiger charge is -2.19. The number of carbonyl (C=O) groups is 2. The highest BCUT2D eigenvalue weighted by Gasteiger charge is 2.26. The van der Waals surface area contributed by atoms with E-state index in [1.54, 1.807) is 0 Å². The van der Waals surface area contributed by atoms with Crippen LogP contribution in [0.2, 0.25) is 0 Å². The van der Waals surface area contributed by atoms with Crippen LogP contribution in [0.3, 0.4) is 0 Å². The van der Waals surface area contributed by atoms with Gasteiger partial charge in [0, 0.05) is 19.2 Å². The summed E-state index contributed by atoms with van der Waals surface area (Å²) >= 11 is 0. The number of para-hydroxylation sites is 1. The molecule has 2 rings (SSSR count). The normalized spacial score (nSPS) is 15.4. The first-order valence-corrected chi connectivity index (χ1v) is 6.03. The second kappa shape index (κ2) is 5.55. The van der Waals surface area contributed by atoms with Gasteiger partial charge in [-0.15, -0.1) is 0 Å². The highest BCUT2D eigenvalue weighted by Crippen LogP contribution is 2.30. The fraction of sp³-hybridized carbons (Fsp3) is 0.333. The molecule has 1 saturated heterocycles. The standard InChI is InChI=1S/C12H13N3O5/c16-10-7-14(6-2-5-13-10)12(18)8-3-1-4-9(11(8)17)15(19)20/h1,3-4,17H,2,5-7H2,(H,13,16). The maximum absolute atomic E-state index is 12.3. The van der Waals surface area contributed by atoms with Crippen molar-refractivity contribution >= 4 is 17.5 Å². The molecule has 1 aliphatic heterocycles. The van der Waals surface area contributed by atoms with Crippen molar-refractivity contribution in [1.82, 2.24) is 10.2 Å². The van der Waals surface area contributed by atoms with Gasteiger partial charge in [0.1, 0.15) is 0 Å². The molecule has 0 aliphatic carbocycles. The topological polar surface area (TPSA) is 113 Å². The lowest BCUT2D eigenvalue weighted by Crippen LogP contribution is -2.37. The SMILES string of the molecule is O=C1CN(C(=O)c2cccc([N+](=O)[O-])c2O)CCCN1. The molecular weight excluding hydrogens is 266 g/mol. The second-order valence-corrected chi connectivity index (χ2v) is 4.36. The third kappa shape index (κ3) is 2.68. The smallest absolute Gasteiger partial charge is 0.311 e. The van der Waals surface area contributed by atoms with E-state index in [1.165, 1.54) is 17.0 Å². The van der Waals surface area contributed by atoms with Crippen molar-refractivity contribution in [2.45, 2.75) is 6.42 Å². The summed E-state index contributed by atoms with van der Waals surface area (Å²) in [6.45, 7) is 0.699. The Bertz CT molecular complexity index is 572. The predicted octanol–water partition coefficient (Wildman–Crippen LogP) is 0.263. The zero-order chi connectivity index (χ0) is 14.7. The largest absolute Gasteiger partial charge is 0.502 e. The Kier molecular flexibility index (Phi) is 3.83. The number of nitro benzene ring substituents is 1. The van der Waals surface area contributed by atoms with E-state index in [4.69, 9.17) is 0 Å². The van der Waals surface area contributed by atoms with Crippen molar-refractivity contribution in [3.63, 3.8) is 0 Å². The van der Waals surface area contributed by atoms with Gasteiger partial charge in [-0.25, -0.2) is 0 Å². The van der Waals surface area contributed by atoms with Crippen molar-refractivity contribution in [1.29, 1.82) is 0 Å². The molecule has 0 saturated carbocycles. The summed E-state index contributed by atoms with van der Waals surface area (Å²) in [6.07, 6.45) is 0.590. The number of amides is 2. The molecule has 1 heterocycles. The van der Waals surface area contributed by atoms with E-state index in [9.17, 15) is 24.8 Å². The number of hydrogen-bond donors (Lipinski definition) is 2. The van der Waals surface area contributed by atoms with Gasteiger partial charge in [-0.3, -0.25) is 19.7 Å². The number of phenolic OH excluding ortho intramolecular Hbond substituents is 1. The third-order valence-corrected chi connectivity index (χ3v) is 2.99. The number of phenols is 1. The molecular formula is C12H13N3O5. The summed E-state index contributed by atoms with van der Waals surface area (Å²) in [5, 5.41) is 23.2. The van der Waals surface area contributed by atoms with Gasteiger partial charge in [0.25, 0.3) is 5.91 Å². The van der Waals surface area contributed by atoms with Crippen LogP contribution in [0.15, 0.2) is 18.2 Å². The first-order valence-electron chi connectivity index (χ1n) is 6.03. The molecule has 8 heteroatoms. The zero-order valence-corrected chi connectivity index (χ0v) is 10.5. The Labute approximate surface area is 114 Å². The van der Waals surface area contributed by atoms with E-state index in [-0.39, 0.29) is 18.0 Å². The van der Waals surface area contributed by atoms with Gasteiger partial charge in [0.15, 0.2) is 0 Å². The number of carbonyl (C=O) groups excluding carboxylic acids is 2. The Morgan fingerprint density at radius 3 is 2.90 bits per heavy atom. The highest BCUT2D eigenvalue weighted by atomic mass is 16.6. The van der Waals surface area contributed by atoms with Crippen LogP contribution in [0.1, 0.15) is 16.8 Å². The van der Waals surface area contributed by atoms with Gasteiger partial charge < -0.3 is 15.3 Å². The summed E-state index contributed by atoms with van der Waals surface area (Å²) in [5.41, 5.74) is -0.705. The van der Waals surface area contributed by atoms with Gasteiger partial charge >= 0.3 is 5.69 Å². The molecule has 0 atom stereocenters. The van der Waals surface area contributed by atoms with Crippen LogP contribution in [0.4, 0.5) is 5.69 Å². The molecule has 0 aromatic heterocycles. The third-order valence-electron chi connectivity index (χ3n) is 2.99. The predicted molar refractivity (Wildman–Crippen MR) is 68.3 cm³/mol. The molecule has 0 spiro atoms. The Morgan fingerprint density at radius 1 is 1.45 bits per heavy atom. The molecule has 0 unspecified atom stereocenters. The number of hydrogen-bond acceptors (Lipinski definition) is 5. The van der Waals surface area contributed by atoms with Crippen LogP contribution >= 0.6 is 0 Å². The minimum absolute atomic E-state index is 0.124. The highest BCUT2D eigenvalue weighted by molar-refractivity contribution is 5.99. The number of benzene rings is 1. The Hall–Kier alpha value is -2.64. The van der Waals surface area contributed by atoms with Crippen LogP contribution in [-0.4, -0.2) is 46.4 Å². The maximum atomic E-state index is 12.3. The molecule has 0 radical (unpaired) electrons. The monoisotopic (exact) mass is 279 g/mol. The minimum atomic E-state index is -0.763. The summed E-state index contributed by atoms with van der Waals surface area (Å²) in [7, 11) is 0. The summed E-state index contributed by atoms with van der Waals surface area (Å²) in [5.74, 6) is -1.56. The number of nitro groups is 1. The number of nitrogens with one attached hydrogen (secondary N) is 1. The number of aromatic hydroxyl groups is 1. The molecule has 1 fully saturated rings. The van der Waals surface area contributed by atoms with E-state index in [0.29, 0.717) is 19.5 Å². The second-order valence-electron chi connectivity index (χ2n) is 4.36. The fourth-order valence-electron chi connectivity index (χ4n) is 2.00. The van der Waals surface area contributed by atoms with E-state index >= 15 is 0 Å². The van der Waals surface area contributed by atoms with Gasteiger partial charge in [-0.1, -0.05) is 6.07 Å². The van der Waals surface area contributed by atoms with Gasteiger partial charge in [-0.2, -0.15) is 0 Å². The molecule has 20 heavy (non-hydrogen) atoms. The lowest BCUT2D eigenvalue weighted by atomic mass is 10.1. The maximum Gasteiger partial charge on any atom is 0.311 e. The van der Waals surface area contributed by atoms with Crippen LogP contribution in [0.5, 0.6) is 5.75 Å². The van der Waals surface area contributed by atoms with Crippen molar-refractivity contribution in [2.75, 3.05) is 19.6 Å². The minimum Gasteiger partial charge on any atom is -0.502 e. The molecule has 1 aromatic carbocycles.